The lowest BCUT2D eigenvalue weighted by Gasteiger charge is -2.16. The van der Waals surface area contributed by atoms with E-state index in [4.69, 9.17) is 0 Å². The topological polar surface area (TPSA) is 116 Å². The summed E-state index contributed by atoms with van der Waals surface area (Å²) in [6.07, 6.45) is 3.90. The fraction of sp³-hybridized carbons (Fsp3) is 0.294. The summed E-state index contributed by atoms with van der Waals surface area (Å²) >= 11 is 0. The van der Waals surface area contributed by atoms with Gasteiger partial charge in [0.2, 0.25) is 11.8 Å². The van der Waals surface area contributed by atoms with E-state index in [-0.39, 0.29) is 17.6 Å². The lowest BCUT2D eigenvalue weighted by atomic mass is 10.1. The van der Waals surface area contributed by atoms with E-state index in [1.165, 1.54) is 25.4 Å². The Balaban J connectivity index is 1.57. The molecule has 0 aliphatic rings. The van der Waals surface area contributed by atoms with E-state index < -0.39 is 6.04 Å². The summed E-state index contributed by atoms with van der Waals surface area (Å²) in [6, 6.07) is 3.63. The molecule has 8 nitrogen and oxygen atoms in total. The summed E-state index contributed by atoms with van der Waals surface area (Å²) in [4.78, 5) is 37.9. The Morgan fingerprint density at radius 3 is 2.92 bits per heavy atom. The van der Waals surface area contributed by atoms with Crippen LogP contribution in [0.5, 0.6) is 0 Å². The normalized spacial score (nSPS) is 12.1. The summed E-state index contributed by atoms with van der Waals surface area (Å²) in [5.74, 6) is -0.269. The molecule has 2 heterocycles. The van der Waals surface area contributed by atoms with Gasteiger partial charge in [0, 0.05) is 38.2 Å². The molecular weight excluding hydrogens is 339 g/mol. The zero-order chi connectivity index (χ0) is 18.5. The van der Waals surface area contributed by atoms with Gasteiger partial charge >= 0.3 is 0 Å². The summed E-state index contributed by atoms with van der Waals surface area (Å²) in [5, 5.41) is 5.41. The van der Waals surface area contributed by atoms with Crippen molar-refractivity contribution < 1.29 is 14.0 Å². The van der Waals surface area contributed by atoms with E-state index in [1.807, 2.05) is 0 Å². The second-order valence-corrected chi connectivity index (χ2v) is 5.92. The summed E-state index contributed by atoms with van der Waals surface area (Å²) in [7, 11) is 0. The molecule has 0 aliphatic heterocycles. The lowest BCUT2D eigenvalue weighted by Crippen LogP contribution is -2.47. The molecule has 0 fully saturated rings. The Morgan fingerprint density at radius 1 is 1.35 bits per heavy atom. The minimum absolute atomic E-state index is 0.288. The third-order valence-corrected chi connectivity index (χ3v) is 3.83. The predicted octanol–water partition coefficient (Wildman–Crippen LogP) is 0.831. The average molecular weight is 358 g/mol. The molecule has 26 heavy (non-hydrogen) atoms. The van der Waals surface area contributed by atoms with E-state index in [9.17, 15) is 14.0 Å². The first-order valence-electron chi connectivity index (χ1n) is 8.17. The summed E-state index contributed by atoms with van der Waals surface area (Å²) in [6.45, 7) is 1.70. The number of carbonyl (C=O) groups is 2. The van der Waals surface area contributed by atoms with Crippen LogP contribution in [0, 0.1) is 5.82 Å². The molecule has 9 heteroatoms. The largest absolute Gasteiger partial charge is 0.354 e. The second-order valence-electron chi connectivity index (χ2n) is 5.92. The first-order chi connectivity index (χ1) is 12.5. The molecule has 1 aromatic carbocycles. The van der Waals surface area contributed by atoms with Crippen LogP contribution in [0.15, 0.2) is 30.7 Å². The van der Waals surface area contributed by atoms with E-state index >= 15 is 0 Å². The second kappa shape index (κ2) is 7.77. The van der Waals surface area contributed by atoms with Gasteiger partial charge in [0.05, 0.1) is 17.4 Å². The number of amides is 2. The minimum Gasteiger partial charge on any atom is -0.354 e. The molecule has 136 valence electrons. The van der Waals surface area contributed by atoms with Crippen molar-refractivity contribution in [3.8, 4) is 0 Å². The zero-order valence-corrected chi connectivity index (χ0v) is 14.2. The molecule has 0 unspecified atom stereocenters. The highest BCUT2D eigenvalue weighted by atomic mass is 19.1. The minimum atomic E-state index is -0.697. The third-order valence-electron chi connectivity index (χ3n) is 3.83. The fourth-order valence-corrected chi connectivity index (χ4v) is 2.65. The highest BCUT2D eigenvalue weighted by Crippen LogP contribution is 2.13. The summed E-state index contributed by atoms with van der Waals surface area (Å²) in [5.41, 5.74) is 2.03. The van der Waals surface area contributed by atoms with E-state index in [0.29, 0.717) is 36.2 Å². The van der Waals surface area contributed by atoms with Crippen molar-refractivity contribution in [1.82, 2.24) is 30.6 Å². The molecule has 2 aromatic heterocycles. The third kappa shape index (κ3) is 4.44. The number of carbonyl (C=O) groups excluding carboxylic acids is 2. The van der Waals surface area contributed by atoms with Crippen LogP contribution in [-0.2, 0) is 22.4 Å². The first kappa shape index (κ1) is 17.6. The zero-order valence-electron chi connectivity index (χ0n) is 14.2. The molecule has 2 amide bonds. The van der Waals surface area contributed by atoms with Crippen molar-refractivity contribution in [3.63, 3.8) is 0 Å². The number of hydrogen-bond acceptors (Lipinski definition) is 4. The van der Waals surface area contributed by atoms with Crippen LogP contribution in [0.4, 0.5) is 4.39 Å². The number of imidazole rings is 2. The molecule has 0 aliphatic carbocycles. The summed E-state index contributed by atoms with van der Waals surface area (Å²) < 4.78 is 13.2. The molecule has 3 aromatic rings. The van der Waals surface area contributed by atoms with Gasteiger partial charge in [-0.15, -0.1) is 0 Å². The molecule has 0 saturated heterocycles. The van der Waals surface area contributed by atoms with Gasteiger partial charge in [-0.1, -0.05) is 0 Å². The number of fused-ring (bicyclic) bond motifs is 1. The Bertz CT molecular complexity index is 905. The number of rotatable bonds is 7. The maximum Gasteiger partial charge on any atom is 0.242 e. The average Bonchev–Trinajstić information content (AvgIpc) is 3.22. The van der Waals surface area contributed by atoms with Gasteiger partial charge in [-0.05, 0) is 18.2 Å². The van der Waals surface area contributed by atoms with Crippen LogP contribution in [0.1, 0.15) is 18.4 Å². The van der Waals surface area contributed by atoms with Crippen molar-refractivity contribution in [3.05, 3.63) is 48.1 Å². The van der Waals surface area contributed by atoms with Crippen molar-refractivity contribution >= 4 is 22.8 Å². The number of halogens is 1. The Labute approximate surface area is 148 Å². The fourth-order valence-electron chi connectivity index (χ4n) is 2.65. The maximum absolute atomic E-state index is 13.2. The molecule has 0 spiro atoms. The van der Waals surface area contributed by atoms with Crippen LogP contribution in [0.2, 0.25) is 0 Å². The van der Waals surface area contributed by atoms with Gasteiger partial charge < -0.3 is 20.6 Å². The van der Waals surface area contributed by atoms with Gasteiger partial charge in [0.25, 0.3) is 0 Å². The Kier molecular flexibility index (Phi) is 5.26. The monoisotopic (exact) mass is 358 g/mol. The van der Waals surface area contributed by atoms with Crippen LogP contribution in [0.3, 0.4) is 0 Å². The van der Waals surface area contributed by atoms with Crippen molar-refractivity contribution in [1.29, 1.82) is 0 Å². The predicted molar refractivity (Wildman–Crippen MR) is 92.7 cm³/mol. The van der Waals surface area contributed by atoms with E-state index in [2.05, 4.69) is 30.6 Å². The van der Waals surface area contributed by atoms with Crippen LogP contribution in [-0.4, -0.2) is 44.3 Å². The number of H-pyrrole nitrogens is 2. The molecule has 1 atom stereocenters. The number of benzene rings is 1. The maximum atomic E-state index is 13.2. The van der Waals surface area contributed by atoms with Crippen LogP contribution in [0.25, 0.3) is 11.0 Å². The molecule has 0 bridgehead atoms. The van der Waals surface area contributed by atoms with Gasteiger partial charge in [-0.25, -0.2) is 14.4 Å². The van der Waals surface area contributed by atoms with Crippen molar-refractivity contribution in [2.45, 2.75) is 25.8 Å². The molecule has 3 rings (SSSR count). The number of aromatic amines is 2. The van der Waals surface area contributed by atoms with E-state index in [0.717, 1.165) is 5.69 Å². The molecule has 0 saturated carbocycles. The van der Waals surface area contributed by atoms with Gasteiger partial charge in [0.1, 0.15) is 17.7 Å². The number of nitrogens with zero attached hydrogens (tertiary/aromatic N) is 2. The lowest BCUT2D eigenvalue weighted by molar-refractivity contribution is -0.128. The van der Waals surface area contributed by atoms with Gasteiger partial charge in [0.15, 0.2) is 0 Å². The molecule has 0 radical (unpaired) electrons. The smallest absolute Gasteiger partial charge is 0.242 e. The highest BCUT2D eigenvalue weighted by molar-refractivity contribution is 5.87. The quantitative estimate of drug-likeness (QED) is 0.501. The Morgan fingerprint density at radius 2 is 2.19 bits per heavy atom. The SMILES string of the molecule is CC(=O)N[C@@H](Cc1cnc[nH]1)C(=O)NCCc1nc2ccc(F)cc2[nH]1. The number of hydrogen-bond donors (Lipinski definition) is 4. The standard InChI is InChI=1S/C17H19FN6O2/c1-10(25)22-15(7-12-8-19-9-21-12)17(26)20-5-4-16-23-13-3-2-11(18)6-14(13)24-16/h2-3,6,8-9,15H,4-5,7H2,1H3,(H,19,21)(H,20,26)(H,22,25)(H,23,24)/t15-/m0/s1. The number of nitrogens with one attached hydrogen (secondary N) is 4. The highest BCUT2D eigenvalue weighted by Gasteiger charge is 2.20. The van der Waals surface area contributed by atoms with Gasteiger partial charge in [-0.2, -0.15) is 0 Å². The van der Waals surface area contributed by atoms with Crippen LogP contribution >= 0.6 is 0 Å². The Hall–Kier alpha value is -3.23. The van der Waals surface area contributed by atoms with Crippen molar-refractivity contribution in [2.75, 3.05) is 6.54 Å². The number of aromatic nitrogens is 4. The van der Waals surface area contributed by atoms with Crippen LogP contribution < -0.4 is 10.6 Å². The molecule has 4 N–H and O–H groups in total. The molecular formula is C17H19FN6O2. The first-order valence-corrected chi connectivity index (χ1v) is 8.17. The van der Waals surface area contributed by atoms with Crippen molar-refractivity contribution in [2.24, 2.45) is 0 Å². The van der Waals surface area contributed by atoms with Gasteiger partial charge in [-0.3, -0.25) is 9.59 Å². The van der Waals surface area contributed by atoms with E-state index in [1.54, 1.807) is 12.3 Å².